The van der Waals surface area contributed by atoms with Gasteiger partial charge in [-0.2, -0.15) is 0 Å². The first kappa shape index (κ1) is 17.3. The van der Waals surface area contributed by atoms with E-state index in [9.17, 15) is 9.59 Å². The van der Waals surface area contributed by atoms with Gasteiger partial charge in [-0.25, -0.2) is 4.79 Å². The molecule has 3 aromatic rings. The van der Waals surface area contributed by atoms with E-state index in [1.165, 1.54) is 0 Å². The predicted octanol–water partition coefficient (Wildman–Crippen LogP) is 2.17. The lowest BCUT2D eigenvalue weighted by molar-refractivity contribution is 0.0783. The minimum atomic E-state index is -0.508. The van der Waals surface area contributed by atoms with Gasteiger partial charge in [0.15, 0.2) is 0 Å². The molecular formula is C21H22N4O2. The molecule has 1 fully saturated rings. The van der Waals surface area contributed by atoms with Crippen LogP contribution < -0.4 is 11.4 Å². The molecule has 2 heterocycles. The highest BCUT2D eigenvalue weighted by Gasteiger charge is 2.38. The smallest absolute Gasteiger partial charge is 0.330 e. The summed E-state index contributed by atoms with van der Waals surface area (Å²) in [7, 11) is 0. The summed E-state index contributed by atoms with van der Waals surface area (Å²) in [5.74, 6) is -0.0389. The lowest BCUT2D eigenvalue weighted by Gasteiger charge is -2.25. The Labute approximate surface area is 157 Å². The van der Waals surface area contributed by atoms with Gasteiger partial charge in [0.2, 0.25) is 0 Å². The zero-order valence-corrected chi connectivity index (χ0v) is 15.2. The van der Waals surface area contributed by atoms with E-state index in [4.69, 9.17) is 5.73 Å². The molecule has 1 aliphatic heterocycles. The molecule has 0 bridgehead atoms. The number of likely N-dealkylation sites (tertiary alicyclic amines) is 1. The van der Waals surface area contributed by atoms with Crippen LogP contribution in [0.3, 0.4) is 0 Å². The van der Waals surface area contributed by atoms with Crippen LogP contribution in [0.25, 0.3) is 5.69 Å². The van der Waals surface area contributed by atoms with E-state index in [0.29, 0.717) is 18.7 Å². The Morgan fingerprint density at radius 1 is 1.11 bits per heavy atom. The summed E-state index contributed by atoms with van der Waals surface area (Å²) < 4.78 is 1.57. The molecule has 1 amide bonds. The predicted molar refractivity (Wildman–Crippen MR) is 104 cm³/mol. The van der Waals surface area contributed by atoms with Crippen molar-refractivity contribution >= 4 is 5.91 Å². The summed E-state index contributed by atoms with van der Waals surface area (Å²) in [6.07, 6.45) is 2.40. The Hall–Kier alpha value is -3.12. The highest BCUT2D eigenvalue weighted by atomic mass is 16.2. The molecule has 0 spiro atoms. The van der Waals surface area contributed by atoms with E-state index in [1.54, 1.807) is 39.9 Å². The summed E-state index contributed by atoms with van der Waals surface area (Å²) in [6.45, 7) is 2.97. The molecule has 1 aliphatic rings. The molecule has 1 aromatic heterocycles. The third-order valence-electron chi connectivity index (χ3n) is 5.27. The molecule has 138 valence electrons. The van der Waals surface area contributed by atoms with Crippen LogP contribution in [0.4, 0.5) is 0 Å². The van der Waals surface area contributed by atoms with Gasteiger partial charge >= 0.3 is 5.69 Å². The van der Waals surface area contributed by atoms with Crippen LogP contribution in [0.15, 0.2) is 65.6 Å². The maximum Gasteiger partial charge on any atom is 0.330 e. The number of aromatic amines is 1. The zero-order valence-electron chi connectivity index (χ0n) is 15.2. The van der Waals surface area contributed by atoms with E-state index in [0.717, 1.165) is 23.4 Å². The fourth-order valence-electron chi connectivity index (χ4n) is 3.72. The number of carbonyl (C=O) groups excluding carboxylic acids is 1. The molecule has 6 nitrogen and oxygen atoms in total. The highest BCUT2D eigenvalue weighted by Crippen LogP contribution is 2.30. The standard InChI is InChI=1S/C21H22N4O2/c1-15-13-23-20(27)25(15)18-9-7-16(8-10-18)19(26)24-12-11-21(22,14-24)17-5-3-2-4-6-17/h2-10,13H,11-12,14,22H2,1H3,(H,23,27). The first-order valence-electron chi connectivity index (χ1n) is 8.99. The Morgan fingerprint density at radius 2 is 1.81 bits per heavy atom. The number of benzene rings is 2. The maximum atomic E-state index is 12.9. The quantitative estimate of drug-likeness (QED) is 0.749. The van der Waals surface area contributed by atoms with Gasteiger partial charge in [-0.1, -0.05) is 30.3 Å². The summed E-state index contributed by atoms with van der Waals surface area (Å²) in [5.41, 5.74) is 9.07. The number of amides is 1. The molecule has 1 unspecified atom stereocenters. The van der Waals surface area contributed by atoms with Crippen LogP contribution in [-0.2, 0) is 5.54 Å². The van der Waals surface area contributed by atoms with Gasteiger partial charge in [-0.3, -0.25) is 9.36 Å². The summed E-state index contributed by atoms with van der Waals surface area (Å²) in [6, 6.07) is 17.0. The van der Waals surface area contributed by atoms with E-state index in [1.807, 2.05) is 37.3 Å². The summed E-state index contributed by atoms with van der Waals surface area (Å²) in [4.78, 5) is 29.2. The van der Waals surface area contributed by atoms with E-state index in [2.05, 4.69) is 4.98 Å². The van der Waals surface area contributed by atoms with E-state index >= 15 is 0 Å². The van der Waals surface area contributed by atoms with Gasteiger partial charge < -0.3 is 15.6 Å². The van der Waals surface area contributed by atoms with E-state index in [-0.39, 0.29) is 11.6 Å². The second-order valence-corrected chi connectivity index (χ2v) is 7.12. The van der Waals surface area contributed by atoms with Crippen molar-refractivity contribution in [3.8, 4) is 5.69 Å². The summed E-state index contributed by atoms with van der Waals surface area (Å²) in [5, 5.41) is 0. The van der Waals surface area contributed by atoms with Crippen LogP contribution in [0.1, 0.15) is 28.0 Å². The van der Waals surface area contributed by atoms with Crippen molar-refractivity contribution in [3.63, 3.8) is 0 Å². The van der Waals surface area contributed by atoms with Gasteiger partial charge in [0.05, 0.1) is 11.2 Å². The average molecular weight is 362 g/mol. The molecule has 3 N–H and O–H groups in total. The number of hydrogen-bond donors (Lipinski definition) is 2. The van der Waals surface area contributed by atoms with Crippen LogP contribution >= 0.6 is 0 Å². The monoisotopic (exact) mass is 362 g/mol. The number of hydrogen-bond acceptors (Lipinski definition) is 3. The van der Waals surface area contributed by atoms with E-state index < -0.39 is 5.54 Å². The normalized spacial score (nSPS) is 19.4. The van der Waals surface area contributed by atoms with Crippen molar-refractivity contribution in [3.05, 3.63) is 88.1 Å². The molecular weight excluding hydrogens is 340 g/mol. The molecule has 0 aliphatic carbocycles. The Balaban J connectivity index is 1.53. The van der Waals surface area contributed by atoms with Gasteiger partial charge in [-0.05, 0) is 43.2 Å². The Bertz CT molecular complexity index is 1020. The van der Waals surface area contributed by atoms with Crippen molar-refractivity contribution in [2.75, 3.05) is 13.1 Å². The van der Waals surface area contributed by atoms with Crippen LogP contribution in [0.2, 0.25) is 0 Å². The molecule has 1 saturated heterocycles. The fourth-order valence-corrected chi connectivity index (χ4v) is 3.72. The molecule has 0 saturated carbocycles. The van der Waals surface area contributed by atoms with Crippen LogP contribution in [0.5, 0.6) is 0 Å². The minimum absolute atomic E-state index is 0.0389. The fraction of sp³-hybridized carbons (Fsp3) is 0.238. The Morgan fingerprint density at radius 3 is 2.44 bits per heavy atom. The Kier molecular flexibility index (Phi) is 4.20. The number of aryl methyl sites for hydroxylation is 1. The molecule has 0 radical (unpaired) electrons. The topological polar surface area (TPSA) is 84.1 Å². The van der Waals surface area contributed by atoms with Crippen molar-refractivity contribution in [2.45, 2.75) is 18.9 Å². The van der Waals surface area contributed by atoms with Crippen LogP contribution in [0, 0.1) is 6.92 Å². The number of nitrogens with two attached hydrogens (primary N) is 1. The highest BCUT2D eigenvalue weighted by molar-refractivity contribution is 5.94. The van der Waals surface area contributed by atoms with Crippen molar-refractivity contribution < 1.29 is 4.79 Å². The maximum absolute atomic E-state index is 12.9. The minimum Gasteiger partial charge on any atom is -0.336 e. The zero-order chi connectivity index (χ0) is 19.0. The molecule has 6 heteroatoms. The van der Waals surface area contributed by atoms with Crippen molar-refractivity contribution in [1.82, 2.24) is 14.5 Å². The lowest BCUT2D eigenvalue weighted by atomic mass is 9.90. The molecule has 27 heavy (non-hydrogen) atoms. The number of rotatable bonds is 3. The summed E-state index contributed by atoms with van der Waals surface area (Å²) >= 11 is 0. The number of aromatic nitrogens is 2. The second kappa shape index (κ2) is 6.55. The van der Waals surface area contributed by atoms with Gasteiger partial charge in [0, 0.05) is 30.5 Å². The van der Waals surface area contributed by atoms with Gasteiger partial charge in [-0.15, -0.1) is 0 Å². The number of carbonyl (C=O) groups is 1. The SMILES string of the molecule is Cc1c[nH]c(=O)n1-c1ccc(C(=O)N2CCC(N)(c3ccccc3)C2)cc1. The third-order valence-corrected chi connectivity index (χ3v) is 5.27. The number of nitrogens with one attached hydrogen (secondary N) is 1. The number of nitrogens with zero attached hydrogens (tertiary/aromatic N) is 2. The van der Waals surface area contributed by atoms with Crippen LogP contribution in [-0.4, -0.2) is 33.4 Å². The van der Waals surface area contributed by atoms with Crippen molar-refractivity contribution in [2.24, 2.45) is 5.73 Å². The average Bonchev–Trinajstić information content (AvgIpc) is 3.25. The second-order valence-electron chi connectivity index (χ2n) is 7.12. The third kappa shape index (κ3) is 3.08. The number of H-pyrrole nitrogens is 1. The number of imidazole rings is 1. The largest absolute Gasteiger partial charge is 0.336 e. The molecule has 4 rings (SSSR count). The lowest BCUT2D eigenvalue weighted by Crippen LogP contribution is -2.41. The van der Waals surface area contributed by atoms with Gasteiger partial charge in [0.25, 0.3) is 5.91 Å². The van der Waals surface area contributed by atoms with Crippen molar-refractivity contribution in [1.29, 1.82) is 0 Å². The molecule has 2 aromatic carbocycles. The first-order chi connectivity index (χ1) is 13.0. The molecule has 1 atom stereocenters. The first-order valence-corrected chi connectivity index (χ1v) is 8.99. The van der Waals surface area contributed by atoms with Gasteiger partial charge in [0.1, 0.15) is 0 Å².